The van der Waals surface area contributed by atoms with E-state index in [2.05, 4.69) is 10.6 Å². The van der Waals surface area contributed by atoms with E-state index < -0.39 is 14.9 Å². The molecule has 10 heteroatoms. The molecule has 2 aromatic carbocycles. The van der Waals surface area contributed by atoms with E-state index in [4.69, 9.17) is 0 Å². The van der Waals surface area contributed by atoms with Crippen LogP contribution in [-0.2, 0) is 21.4 Å². The van der Waals surface area contributed by atoms with Gasteiger partial charge in [-0.2, -0.15) is 4.31 Å². The SMILES string of the molecule is O=C(CNc1ccc([N+](=O)[O-])cc1S(=O)(=O)N1CCCC1)NCc1ccccc1. The zero-order chi connectivity index (χ0) is 20.9. The molecule has 0 spiro atoms. The van der Waals surface area contributed by atoms with Crippen LogP contribution in [0.1, 0.15) is 18.4 Å². The second-order valence-corrected chi connectivity index (χ2v) is 8.57. The summed E-state index contributed by atoms with van der Waals surface area (Å²) in [5.41, 5.74) is 0.785. The van der Waals surface area contributed by atoms with Crippen LogP contribution in [0.5, 0.6) is 0 Å². The Kier molecular flexibility index (Phi) is 6.45. The van der Waals surface area contributed by atoms with E-state index in [9.17, 15) is 23.3 Å². The number of carbonyl (C=O) groups is 1. The van der Waals surface area contributed by atoms with Gasteiger partial charge in [-0.1, -0.05) is 30.3 Å². The minimum Gasteiger partial charge on any atom is -0.375 e. The number of anilines is 1. The number of nitro benzene ring substituents is 1. The average Bonchev–Trinajstić information content (AvgIpc) is 3.27. The first-order valence-electron chi connectivity index (χ1n) is 9.21. The van der Waals surface area contributed by atoms with Gasteiger partial charge in [0.1, 0.15) is 4.90 Å². The summed E-state index contributed by atoms with van der Waals surface area (Å²) in [5, 5.41) is 16.7. The van der Waals surface area contributed by atoms with Gasteiger partial charge in [-0.05, 0) is 24.5 Å². The summed E-state index contributed by atoms with van der Waals surface area (Å²) < 4.78 is 27.2. The molecule has 1 amide bonds. The Bertz CT molecular complexity index is 989. The number of benzene rings is 2. The van der Waals surface area contributed by atoms with Gasteiger partial charge < -0.3 is 10.6 Å². The molecule has 154 valence electrons. The first kappa shape index (κ1) is 20.7. The fourth-order valence-corrected chi connectivity index (χ4v) is 4.79. The molecule has 0 unspecified atom stereocenters. The summed E-state index contributed by atoms with van der Waals surface area (Å²) in [6.45, 7) is 0.942. The smallest absolute Gasteiger partial charge is 0.270 e. The molecular weight excluding hydrogens is 396 g/mol. The minimum absolute atomic E-state index is 0.160. The van der Waals surface area contributed by atoms with Crippen LogP contribution in [0.3, 0.4) is 0 Å². The predicted octanol–water partition coefficient (Wildman–Crippen LogP) is 2.11. The van der Waals surface area contributed by atoms with E-state index in [1.54, 1.807) is 0 Å². The number of carbonyl (C=O) groups excluding carboxylic acids is 1. The summed E-state index contributed by atoms with van der Waals surface area (Å²) in [6, 6.07) is 13.0. The Balaban J connectivity index is 1.74. The molecule has 0 radical (unpaired) electrons. The summed E-state index contributed by atoms with van der Waals surface area (Å²) in [4.78, 5) is 22.4. The maximum atomic E-state index is 12.9. The first-order valence-corrected chi connectivity index (χ1v) is 10.6. The van der Waals surface area contributed by atoms with Crippen molar-refractivity contribution in [3.8, 4) is 0 Å². The number of rotatable bonds is 8. The molecule has 1 saturated heterocycles. The topological polar surface area (TPSA) is 122 Å². The number of nitro groups is 1. The van der Waals surface area contributed by atoms with Crippen molar-refractivity contribution in [2.24, 2.45) is 0 Å². The highest BCUT2D eigenvalue weighted by Gasteiger charge is 2.31. The van der Waals surface area contributed by atoms with Crippen molar-refractivity contribution >= 4 is 27.3 Å². The molecule has 1 heterocycles. The van der Waals surface area contributed by atoms with Crippen molar-refractivity contribution in [2.75, 3.05) is 25.0 Å². The minimum atomic E-state index is -3.89. The van der Waals surface area contributed by atoms with E-state index in [0.29, 0.717) is 19.6 Å². The largest absolute Gasteiger partial charge is 0.375 e. The van der Waals surface area contributed by atoms with Crippen LogP contribution >= 0.6 is 0 Å². The molecule has 1 aliphatic rings. The molecule has 2 N–H and O–H groups in total. The number of nitrogens with one attached hydrogen (secondary N) is 2. The van der Waals surface area contributed by atoms with E-state index in [1.165, 1.54) is 16.4 Å². The second-order valence-electron chi connectivity index (χ2n) is 6.66. The molecule has 0 aromatic heterocycles. The highest BCUT2D eigenvalue weighted by molar-refractivity contribution is 7.89. The van der Waals surface area contributed by atoms with Crippen molar-refractivity contribution < 1.29 is 18.1 Å². The van der Waals surface area contributed by atoms with Gasteiger partial charge in [-0.25, -0.2) is 8.42 Å². The molecule has 0 atom stereocenters. The maximum absolute atomic E-state index is 12.9. The highest BCUT2D eigenvalue weighted by atomic mass is 32.2. The van der Waals surface area contributed by atoms with Gasteiger partial charge in [0.15, 0.2) is 0 Å². The Labute approximate surface area is 168 Å². The zero-order valence-corrected chi connectivity index (χ0v) is 16.5. The normalized spacial score (nSPS) is 14.5. The molecule has 1 aliphatic heterocycles. The van der Waals surface area contributed by atoms with Crippen LogP contribution in [0.4, 0.5) is 11.4 Å². The van der Waals surface area contributed by atoms with Gasteiger partial charge in [0.25, 0.3) is 5.69 Å². The lowest BCUT2D eigenvalue weighted by Gasteiger charge is -2.18. The molecule has 0 saturated carbocycles. The molecule has 9 nitrogen and oxygen atoms in total. The fraction of sp³-hybridized carbons (Fsp3) is 0.316. The Morgan fingerprint density at radius 2 is 1.79 bits per heavy atom. The summed E-state index contributed by atoms with van der Waals surface area (Å²) >= 11 is 0. The Hall–Kier alpha value is -2.98. The molecule has 0 bridgehead atoms. The van der Waals surface area contributed by atoms with E-state index >= 15 is 0 Å². The van der Waals surface area contributed by atoms with Gasteiger partial charge in [-0.15, -0.1) is 0 Å². The van der Waals surface area contributed by atoms with Crippen molar-refractivity contribution in [1.82, 2.24) is 9.62 Å². The van der Waals surface area contributed by atoms with Crippen molar-refractivity contribution in [3.05, 3.63) is 64.2 Å². The van der Waals surface area contributed by atoms with Crippen molar-refractivity contribution in [3.63, 3.8) is 0 Å². The third kappa shape index (κ3) is 5.09. The van der Waals surface area contributed by atoms with E-state index in [-0.39, 0.29) is 28.7 Å². The zero-order valence-electron chi connectivity index (χ0n) is 15.7. The number of hydrogen-bond donors (Lipinski definition) is 2. The fourth-order valence-electron chi connectivity index (χ4n) is 3.09. The third-order valence-electron chi connectivity index (χ3n) is 4.63. The molecule has 1 fully saturated rings. The Morgan fingerprint density at radius 1 is 1.10 bits per heavy atom. The standard InChI is InChI=1S/C19H22N4O5S/c24-19(21-13-15-6-2-1-3-7-15)14-20-17-9-8-16(23(25)26)12-18(17)29(27,28)22-10-4-5-11-22/h1-3,6-9,12,20H,4-5,10-11,13-14H2,(H,21,24). The molecular formula is C19H22N4O5S. The average molecular weight is 418 g/mol. The van der Waals surface area contributed by atoms with Crippen LogP contribution in [0.2, 0.25) is 0 Å². The van der Waals surface area contributed by atoms with Crippen LogP contribution in [0.25, 0.3) is 0 Å². The monoisotopic (exact) mass is 418 g/mol. The predicted molar refractivity (Wildman–Crippen MR) is 108 cm³/mol. The lowest BCUT2D eigenvalue weighted by Crippen LogP contribution is -2.31. The van der Waals surface area contributed by atoms with E-state index in [1.807, 2.05) is 30.3 Å². The first-order chi connectivity index (χ1) is 13.9. The molecule has 3 rings (SSSR count). The van der Waals surface area contributed by atoms with Crippen LogP contribution in [-0.4, -0.2) is 43.2 Å². The van der Waals surface area contributed by atoms with Gasteiger partial charge in [0, 0.05) is 31.8 Å². The van der Waals surface area contributed by atoms with Gasteiger partial charge in [0.2, 0.25) is 15.9 Å². The Morgan fingerprint density at radius 3 is 2.45 bits per heavy atom. The van der Waals surface area contributed by atoms with Crippen LogP contribution in [0.15, 0.2) is 53.4 Å². The summed E-state index contributed by atoms with van der Waals surface area (Å²) in [6.07, 6.45) is 1.50. The lowest BCUT2D eigenvalue weighted by atomic mass is 10.2. The van der Waals surface area contributed by atoms with Crippen LogP contribution < -0.4 is 10.6 Å². The van der Waals surface area contributed by atoms with Crippen LogP contribution in [0, 0.1) is 10.1 Å². The quantitative estimate of drug-likeness (QED) is 0.500. The van der Waals surface area contributed by atoms with Crippen molar-refractivity contribution in [1.29, 1.82) is 0 Å². The lowest BCUT2D eigenvalue weighted by molar-refractivity contribution is -0.385. The summed E-state index contributed by atoms with van der Waals surface area (Å²) in [5.74, 6) is -0.322. The van der Waals surface area contributed by atoms with Crippen molar-refractivity contribution in [2.45, 2.75) is 24.3 Å². The molecule has 2 aromatic rings. The summed E-state index contributed by atoms with van der Waals surface area (Å²) in [7, 11) is -3.89. The van der Waals surface area contributed by atoms with Gasteiger partial charge in [-0.3, -0.25) is 14.9 Å². The molecule has 0 aliphatic carbocycles. The van der Waals surface area contributed by atoms with Gasteiger partial charge in [0.05, 0.1) is 17.2 Å². The number of amides is 1. The number of sulfonamides is 1. The number of nitrogens with zero attached hydrogens (tertiary/aromatic N) is 2. The highest BCUT2D eigenvalue weighted by Crippen LogP contribution is 2.30. The maximum Gasteiger partial charge on any atom is 0.270 e. The molecule has 29 heavy (non-hydrogen) atoms. The third-order valence-corrected chi connectivity index (χ3v) is 6.57. The van der Waals surface area contributed by atoms with E-state index in [0.717, 1.165) is 24.5 Å². The number of hydrogen-bond acceptors (Lipinski definition) is 6. The van der Waals surface area contributed by atoms with Gasteiger partial charge >= 0.3 is 0 Å². The second kappa shape index (κ2) is 9.01. The number of non-ortho nitro benzene ring substituents is 1.